The average Bonchev–Trinajstić information content (AvgIpc) is 2.36. The summed E-state index contributed by atoms with van der Waals surface area (Å²) in [6.07, 6.45) is 2.35. The van der Waals surface area contributed by atoms with Crippen molar-refractivity contribution in [3.8, 4) is 11.8 Å². The Labute approximate surface area is 110 Å². The standard InChI is InChI=1S/C13H15FN2OS/c1-18-8-6-13(17)16-12-5-4-11(14)9-10(12)3-2-7-15/h4-5,9H,6-8,15H2,1H3,(H,16,17). The van der Waals surface area contributed by atoms with Crippen molar-refractivity contribution in [3.63, 3.8) is 0 Å². The molecule has 0 unspecified atom stereocenters. The van der Waals surface area contributed by atoms with Gasteiger partial charge in [0.05, 0.1) is 17.8 Å². The van der Waals surface area contributed by atoms with Crippen molar-refractivity contribution in [3.05, 3.63) is 29.6 Å². The number of carbonyl (C=O) groups excluding carboxylic acids is 1. The molecular weight excluding hydrogens is 251 g/mol. The van der Waals surface area contributed by atoms with Gasteiger partial charge in [0.25, 0.3) is 0 Å². The van der Waals surface area contributed by atoms with E-state index in [9.17, 15) is 9.18 Å². The Kier molecular flexibility index (Phi) is 6.26. The van der Waals surface area contributed by atoms with Crippen molar-refractivity contribution in [2.75, 3.05) is 23.9 Å². The van der Waals surface area contributed by atoms with Gasteiger partial charge < -0.3 is 11.1 Å². The zero-order chi connectivity index (χ0) is 13.4. The van der Waals surface area contributed by atoms with Crippen LogP contribution in [0.1, 0.15) is 12.0 Å². The van der Waals surface area contributed by atoms with Crippen LogP contribution in [0.2, 0.25) is 0 Å². The van der Waals surface area contributed by atoms with Crippen molar-refractivity contribution in [2.45, 2.75) is 6.42 Å². The molecule has 0 heterocycles. The Hall–Kier alpha value is -1.51. The summed E-state index contributed by atoms with van der Waals surface area (Å²) in [6, 6.07) is 4.08. The second kappa shape index (κ2) is 7.75. The summed E-state index contributed by atoms with van der Waals surface area (Å²) in [5.74, 6) is 5.64. The van der Waals surface area contributed by atoms with Gasteiger partial charge in [-0.05, 0) is 24.5 Å². The van der Waals surface area contributed by atoms with E-state index >= 15 is 0 Å². The van der Waals surface area contributed by atoms with Crippen LogP contribution in [0.4, 0.5) is 10.1 Å². The fourth-order valence-corrected chi connectivity index (χ4v) is 1.67. The van der Waals surface area contributed by atoms with Crippen molar-refractivity contribution < 1.29 is 9.18 Å². The van der Waals surface area contributed by atoms with Crippen LogP contribution in [0.25, 0.3) is 0 Å². The quantitative estimate of drug-likeness (QED) is 0.817. The molecule has 5 heteroatoms. The molecule has 0 saturated carbocycles. The first kappa shape index (κ1) is 14.6. The van der Waals surface area contributed by atoms with Crippen LogP contribution < -0.4 is 11.1 Å². The molecule has 3 nitrogen and oxygen atoms in total. The molecule has 0 spiro atoms. The van der Waals surface area contributed by atoms with Gasteiger partial charge in [-0.1, -0.05) is 11.8 Å². The van der Waals surface area contributed by atoms with E-state index in [1.807, 2.05) is 6.26 Å². The van der Waals surface area contributed by atoms with Gasteiger partial charge in [-0.2, -0.15) is 11.8 Å². The normalized spacial score (nSPS) is 9.50. The molecule has 0 aromatic heterocycles. The number of rotatable bonds is 4. The van der Waals surface area contributed by atoms with E-state index in [0.29, 0.717) is 17.7 Å². The number of hydrogen-bond acceptors (Lipinski definition) is 3. The lowest BCUT2D eigenvalue weighted by atomic mass is 10.1. The van der Waals surface area contributed by atoms with Crippen LogP contribution in [-0.2, 0) is 4.79 Å². The number of carbonyl (C=O) groups is 1. The fourth-order valence-electron chi connectivity index (χ4n) is 1.28. The van der Waals surface area contributed by atoms with Crippen LogP contribution >= 0.6 is 11.8 Å². The minimum atomic E-state index is -0.390. The number of hydrogen-bond donors (Lipinski definition) is 2. The highest BCUT2D eigenvalue weighted by Crippen LogP contribution is 2.16. The van der Waals surface area contributed by atoms with E-state index in [-0.39, 0.29) is 12.5 Å². The molecule has 0 radical (unpaired) electrons. The van der Waals surface area contributed by atoms with Gasteiger partial charge in [0.15, 0.2) is 0 Å². The molecule has 0 bridgehead atoms. The van der Waals surface area contributed by atoms with E-state index in [0.717, 1.165) is 5.75 Å². The maximum absolute atomic E-state index is 13.1. The van der Waals surface area contributed by atoms with E-state index in [1.165, 1.54) is 18.2 Å². The predicted octanol–water partition coefficient (Wildman–Crippen LogP) is 1.83. The zero-order valence-corrected chi connectivity index (χ0v) is 10.9. The van der Waals surface area contributed by atoms with Crippen molar-refractivity contribution in [1.29, 1.82) is 0 Å². The van der Waals surface area contributed by atoms with E-state index < -0.39 is 5.82 Å². The summed E-state index contributed by atoms with van der Waals surface area (Å²) in [5, 5.41) is 2.72. The molecule has 0 aliphatic rings. The highest BCUT2D eigenvalue weighted by atomic mass is 32.2. The number of thioether (sulfide) groups is 1. The second-order valence-electron chi connectivity index (χ2n) is 3.49. The first-order valence-electron chi connectivity index (χ1n) is 5.44. The van der Waals surface area contributed by atoms with Gasteiger partial charge in [-0.25, -0.2) is 4.39 Å². The molecule has 1 aromatic rings. The molecule has 1 amide bonds. The monoisotopic (exact) mass is 266 g/mol. The highest BCUT2D eigenvalue weighted by Gasteiger charge is 2.06. The molecule has 1 aromatic carbocycles. The fraction of sp³-hybridized carbons (Fsp3) is 0.308. The Morgan fingerprint density at radius 2 is 2.33 bits per heavy atom. The summed E-state index contributed by atoms with van der Waals surface area (Å²) in [7, 11) is 0. The summed E-state index contributed by atoms with van der Waals surface area (Å²) in [4.78, 5) is 11.6. The highest BCUT2D eigenvalue weighted by molar-refractivity contribution is 7.98. The Balaban J connectivity index is 2.84. The van der Waals surface area contributed by atoms with Crippen LogP contribution in [0.5, 0.6) is 0 Å². The Morgan fingerprint density at radius 3 is 3.00 bits per heavy atom. The van der Waals surface area contributed by atoms with Crippen molar-refractivity contribution in [1.82, 2.24) is 0 Å². The lowest BCUT2D eigenvalue weighted by Gasteiger charge is -2.07. The number of anilines is 1. The number of halogens is 1. The van der Waals surface area contributed by atoms with Gasteiger partial charge in [0.2, 0.25) is 5.91 Å². The maximum atomic E-state index is 13.1. The molecule has 1 rings (SSSR count). The van der Waals surface area contributed by atoms with E-state index in [2.05, 4.69) is 17.2 Å². The van der Waals surface area contributed by atoms with Crippen molar-refractivity contribution in [2.24, 2.45) is 5.73 Å². The van der Waals surface area contributed by atoms with Gasteiger partial charge in [0.1, 0.15) is 5.82 Å². The minimum absolute atomic E-state index is 0.105. The topological polar surface area (TPSA) is 55.1 Å². The lowest BCUT2D eigenvalue weighted by Crippen LogP contribution is -2.13. The van der Waals surface area contributed by atoms with E-state index in [4.69, 9.17) is 5.73 Å². The molecule has 3 N–H and O–H groups in total. The first-order chi connectivity index (χ1) is 8.67. The molecule has 0 aliphatic carbocycles. The third-order valence-corrected chi connectivity index (χ3v) is 2.73. The summed E-state index contributed by atoms with van der Waals surface area (Å²) >= 11 is 1.60. The van der Waals surface area contributed by atoms with Crippen LogP contribution in [0.3, 0.4) is 0 Å². The SMILES string of the molecule is CSCCC(=O)Nc1ccc(F)cc1C#CCN. The smallest absolute Gasteiger partial charge is 0.225 e. The molecule has 96 valence electrons. The maximum Gasteiger partial charge on any atom is 0.225 e. The number of nitrogens with one attached hydrogen (secondary N) is 1. The second-order valence-corrected chi connectivity index (χ2v) is 4.47. The Bertz CT molecular complexity index is 480. The van der Waals surface area contributed by atoms with Gasteiger partial charge in [-0.3, -0.25) is 4.79 Å². The predicted molar refractivity (Wildman–Crippen MR) is 74.0 cm³/mol. The largest absolute Gasteiger partial charge is 0.325 e. The first-order valence-corrected chi connectivity index (χ1v) is 6.84. The molecular formula is C13H15FN2OS. The van der Waals surface area contributed by atoms with Gasteiger partial charge >= 0.3 is 0 Å². The van der Waals surface area contributed by atoms with Crippen molar-refractivity contribution >= 4 is 23.4 Å². The van der Waals surface area contributed by atoms with Crippen LogP contribution in [-0.4, -0.2) is 24.5 Å². The molecule has 18 heavy (non-hydrogen) atoms. The van der Waals surface area contributed by atoms with Crippen LogP contribution in [0.15, 0.2) is 18.2 Å². The number of nitrogens with two attached hydrogens (primary N) is 1. The molecule has 0 aliphatic heterocycles. The third kappa shape index (κ3) is 4.78. The molecule has 0 atom stereocenters. The molecule has 0 fully saturated rings. The number of amides is 1. The lowest BCUT2D eigenvalue weighted by molar-refractivity contribution is -0.115. The van der Waals surface area contributed by atoms with Gasteiger partial charge in [0, 0.05) is 12.2 Å². The van der Waals surface area contributed by atoms with Gasteiger partial charge in [-0.15, -0.1) is 0 Å². The summed E-state index contributed by atoms with van der Waals surface area (Å²) < 4.78 is 13.1. The third-order valence-electron chi connectivity index (χ3n) is 2.11. The molecule has 0 saturated heterocycles. The zero-order valence-electron chi connectivity index (χ0n) is 10.1. The average molecular weight is 266 g/mol. The number of benzene rings is 1. The summed E-state index contributed by atoms with van der Waals surface area (Å²) in [5.41, 5.74) is 6.23. The minimum Gasteiger partial charge on any atom is -0.325 e. The summed E-state index contributed by atoms with van der Waals surface area (Å²) in [6.45, 7) is 0.191. The van der Waals surface area contributed by atoms with Crippen LogP contribution in [0, 0.1) is 17.7 Å². The van der Waals surface area contributed by atoms with E-state index in [1.54, 1.807) is 11.8 Å². The Morgan fingerprint density at radius 1 is 1.56 bits per heavy atom.